The summed E-state index contributed by atoms with van der Waals surface area (Å²) in [6, 6.07) is 7.63. The Morgan fingerprint density at radius 1 is 1.23 bits per heavy atom. The van der Waals surface area contributed by atoms with Crippen molar-refractivity contribution in [3.63, 3.8) is 0 Å². The van der Waals surface area contributed by atoms with E-state index >= 15 is 0 Å². The molecular formula is C16H22N2O4. The zero-order valence-electron chi connectivity index (χ0n) is 13.2. The van der Waals surface area contributed by atoms with Gasteiger partial charge in [-0.05, 0) is 45.2 Å². The molecule has 0 bridgehead atoms. The van der Waals surface area contributed by atoms with Gasteiger partial charge in [-0.3, -0.25) is 10.2 Å². The summed E-state index contributed by atoms with van der Waals surface area (Å²) >= 11 is 0. The van der Waals surface area contributed by atoms with Gasteiger partial charge in [0.05, 0.1) is 18.9 Å². The van der Waals surface area contributed by atoms with E-state index in [0.717, 1.165) is 17.7 Å². The lowest BCUT2D eigenvalue weighted by molar-refractivity contribution is 0.126. The summed E-state index contributed by atoms with van der Waals surface area (Å²) < 4.78 is 10.1. The molecule has 2 rings (SSSR count). The van der Waals surface area contributed by atoms with Crippen LogP contribution in [0.1, 0.15) is 32.8 Å². The Bertz CT molecular complexity index is 561. The van der Waals surface area contributed by atoms with Gasteiger partial charge in [0.2, 0.25) is 0 Å². The maximum absolute atomic E-state index is 12.4. The van der Waals surface area contributed by atoms with Gasteiger partial charge in [-0.1, -0.05) is 18.2 Å². The molecule has 0 saturated heterocycles. The minimum absolute atomic E-state index is 0.271. The van der Waals surface area contributed by atoms with Crippen molar-refractivity contribution in [1.29, 1.82) is 0 Å². The first-order valence-corrected chi connectivity index (χ1v) is 7.51. The fraction of sp³-hybridized carbons (Fsp3) is 0.500. The quantitative estimate of drug-likeness (QED) is 0.932. The van der Waals surface area contributed by atoms with Gasteiger partial charge in [-0.15, -0.1) is 0 Å². The number of amides is 2. The lowest BCUT2D eigenvalue weighted by Gasteiger charge is -2.44. The molecule has 1 heterocycles. The van der Waals surface area contributed by atoms with Crippen LogP contribution in [0.15, 0.2) is 24.3 Å². The molecule has 0 radical (unpaired) electrons. The van der Waals surface area contributed by atoms with Crippen LogP contribution in [-0.2, 0) is 15.9 Å². The molecule has 22 heavy (non-hydrogen) atoms. The van der Waals surface area contributed by atoms with E-state index < -0.39 is 17.8 Å². The van der Waals surface area contributed by atoms with Gasteiger partial charge in [0.1, 0.15) is 5.66 Å². The van der Waals surface area contributed by atoms with Crippen LogP contribution in [0.3, 0.4) is 0 Å². The van der Waals surface area contributed by atoms with E-state index in [1.807, 2.05) is 24.3 Å². The van der Waals surface area contributed by atoms with Crippen LogP contribution in [-0.4, -0.2) is 31.1 Å². The molecule has 0 aromatic heterocycles. The molecule has 1 N–H and O–H groups in total. The summed E-state index contributed by atoms with van der Waals surface area (Å²) in [5.41, 5.74) is 0.928. The summed E-state index contributed by atoms with van der Waals surface area (Å²) in [6.45, 7) is 5.84. The van der Waals surface area contributed by atoms with Gasteiger partial charge in [-0.25, -0.2) is 9.59 Å². The molecule has 2 amide bonds. The zero-order chi connectivity index (χ0) is 16.2. The predicted molar refractivity (Wildman–Crippen MR) is 82.8 cm³/mol. The van der Waals surface area contributed by atoms with Crippen molar-refractivity contribution >= 4 is 17.9 Å². The summed E-state index contributed by atoms with van der Waals surface area (Å²) in [4.78, 5) is 25.8. The second-order valence-electron chi connectivity index (χ2n) is 5.28. The zero-order valence-corrected chi connectivity index (χ0v) is 13.2. The van der Waals surface area contributed by atoms with Gasteiger partial charge in [-0.2, -0.15) is 0 Å². The number of alkyl carbamates (subject to hydrolysis) is 1. The second-order valence-corrected chi connectivity index (χ2v) is 5.28. The molecule has 1 aromatic carbocycles. The highest BCUT2D eigenvalue weighted by Crippen LogP contribution is 2.36. The number of anilines is 1. The number of fused-ring (bicyclic) bond motifs is 1. The van der Waals surface area contributed by atoms with Crippen molar-refractivity contribution in [3.05, 3.63) is 29.8 Å². The summed E-state index contributed by atoms with van der Waals surface area (Å²) in [5.74, 6) is 0. The van der Waals surface area contributed by atoms with Crippen LogP contribution < -0.4 is 10.2 Å². The third-order valence-electron chi connectivity index (χ3n) is 3.70. The molecule has 0 aliphatic carbocycles. The first-order chi connectivity index (χ1) is 10.5. The number of hydrogen-bond donors (Lipinski definition) is 1. The number of nitrogens with one attached hydrogen (secondary N) is 1. The van der Waals surface area contributed by atoms with Crippen molar-refractivity contribution < 1.29 is 19.1 Å². The standard InChI is InChI=1S/C16H22N2O4/c1-4-21-14(19)17-16(3)11-10-12-8-6-7-9-13(12)18(16)15(20)22-5-2/h6-9H,4-5,10-11H2,1-3H3,(H,17,19). The first-order valence-electron chi connectivity index (χ1n) is 7.51. The van der Waals surface area contributed by atoms with Crippen LogP contribution in [0.25, 0.3) is 0 Å². The Kier molecular flexibility index (Phi) is 4.90. The molecule has 1 aliphatic rings. The highest BCUT2D eigenvalue weighted by Gasteiger charge is 2.42. The topological polar surface area (TPSA) is 67.9 Å². The minimum atomic E-state index is -0.882. The SMILES string of the molecule is CCOC(=O)NC1(C)CCc2ccccc2N1C(=O)OCC. The van der Waals surface area contributed by atoms with Gasteiger partial charge >= 0.3 is 12.2 Å². The number of carbonyl (C=O) groups is 2. The molecule has 1 aromatic rings. The molecule has 120 valence electrons. The van der Waals surface area contributed by atoms with Crippen LogP contribution >= 0.6 is 0 Å². The Balaban J connectivity index is 2.36. The van der Waals surface area contributed by atoms with Gasteiger partial charge in [0.15, 0.2) is 0 Å². The first kappa shape index (κ1) is 16.1. The van der Waals surface area contributed by atoms with Gasteiger partial charge in [0, 0.05) is 0 Å². The van der Waals surface area contributed by atoms with Crippen molar-refractivity contribution in [2.45, 2.75) is 39.3 Å². The Morgan fingerprint density at radius 2 is 1.91 bits per heavy atom. The predicted octanol–water partition coefficient (Wildman–Crippen LogP) is 3.06. The van der Waals surface area contributed by atoms with E-state index in [1.165, 1.54) is 4.90 Å². The lowest BCUT2D eigenvalue weighted by atomic mass is 9.92. The molecule has 6 nitrogen and oxygen atoms in total. The maximum atomic E-state index is 12.4. The monoisotopic (exact) mass is 306 g/mol. The Labute approximate surface area is 130 Å². The molecule has 0 saturated carbocycles. The van der Waals surface area contributed by atoms with Crippen molar-refractivity contribution in [3.8, 4) is 0 Å². The van der Waals surface area contributed by atoms with E-state index in [2.05, 4.69) is 5.32 Å². The van der Waals surface area contributed by atoms with E-state index in [-0.39, 0.29) is 13.2 Å². The highest BCUT2D eigenvalue weighted by molar-refractivity contribution is 5.91. The van der Waals surface area contributed by atoms with Gasteiger partial charge in [0.25, 0.3) is 0 Å². The summed E-state index contributed by atoms with van der Waals surface area (Å²) in [5, 5.41) is 2.79. The smallest absolute Gasteiger partial charge is 0.416 e. The minimum Gasteiger partial charge on any atom is -0.450 e. The normalized spacial score (nSPS) is 20.0. The molecule has 6 heteroatoms. The van der Waals surface area contributed by atoms with Crippen LogP contribution in [0.5, 0.6) is 0 Å². The number of ether oxygens (including phenoxy) is 2. The third-order valence-corrected chi connectivity index (χ3v) is 3.70. The highest BCUT2D eigenvalue weighted by atomic mass is 16.6. The average molecular weight is 306 g/mol. The van der Waals surface area contributed by atoms with E-state index in [1.54, 1.807) is 20.8 Å². The molecule has 1 aliphatic heterocycles. The number of benzene rings is 1. The van der Waals surface area contributed by atoms with Gasteiger partial charge < -0.3 is 9.47 Å². The van der Waals surface area contributed by atoms with Crippen molar-refractivity contribution in [1.82, 2.24) is 5.32 Å². The van der Waals surface area contributed by atoms with Crippen LogP contribution in [0.2, 0.25) is 0 Å². The third kappa shape index (κ3) is 3.16. The maximum Gasteiger partial charge on any atom is 0.416 e. The Hall–Kier alpha value is -2.24. The number of aryl methyl sites for hydroxylation is 1. The molecule has 0 fully saturated rings. The Morgan fingerprint density at radius 3 is 2.59 bits per heavy atom. The van der Waals surface area contributed by atoms with Crippen molar-refractivity contribution in [2.75, 3.05) is 18.1 Å². The number of rotatable bonds is 3. The molecular weight excluding hydrogens is 284 g/mol. The average Bonchev–Trinajstić information content (AvgIpc) is 2.47. The number of hydrogen-bond acceptors (Lipinski definition) is 4. The largest absolute Gasteiger partial charge is 0.450 e. The molecule has 0 spiro atoms. The number of para-hydroxylation sites is 1. The fourth-order valence-electron chi connectivity index (χ4n) is 2.69. The van der Waals surface area contributed by atoms with E-state index in [4.69, 9.17) is 9.47 Å². The number of nitrogens with zero attached hydrogens (tertiary/aromatic N) is 1. The van der Waals surface area contributed by atoms with Crippen molar-refractivity contribution in [2.24, 2.45) is 0 Å². The lowest BCUT2D eigenvalue weighted by Crippen LogP contribution is -2.63. The summed E-state index contributed by atoms with van der Waals surface area (Å²) in [6.07, 6.45) is 0.323. The molecule has 1 unspecified atom stereocenters. The van der Waals surface area contributed by atoms with E-state index in [9.17, 15) is 9.59 Å². The number of carbonyl (C=O) groups excluding carboxylic acids is 2. The van der Waals surface area contributed by atoms with Crippen LogP contribution in [0.4, 0.5) is 15.3 Å². The molecule has 1 atom stereocenters. The summed E-state index contributed by atoms with van der Waals surface area (Å²) in [7, 11) is 0. The van der Waals surface area contributed by atoms with Crippen LogP contribution in [0, 0.1) is 0 Å². The van der Waals surface area contributed by atoms with E-state index in [0.29, 0.717) is 6.42 Å². The fourth-order valence-corrected chi connectivity index (χ4v) is 2.69. The second kappa shape index (κ2) is 6.68.